The summed E-state index contributed by atoms with van der Waals surface area (Å²) in [6, 6.07) is 2.80. The summed E-state index contributed by atoms with van der Waals surface area (Å²) in [5.74, 6) is 1.65. The molecule has 0 saturated carbocycles. The largest absolute Gasteiger partial charge is 0.466 e. The Hall–Kier alpha value is -2.28. The molecule has 2 rings (SSSR count). The molecule has 108 valence electrons. The summed E-state index contributed by atoms with van der Waals surface area (Å²) in [4.78, 5) is 11.6. The highest BCUT2D eigenvalue weighted by Gasteiger charge is 2.28. The molecule has 7 heteroatoms. The van der Waals surface area contributed by atoms with Gasteiger partial charge in [-0.25, -0.2) is 4.79 Å². The van der Waals surface area contributed by atoms with Crippen molar-refractivity contribution in [3.8, 4) is 0 Å². The number of anilines is 1. The molecule has 0 saturated heterocycles. The molecule has 7 nitrogen and oxygen atoms in total. The summed E-state index contributed by atoms with van der Waals surface area (Å²) in [6.45, 7) is 5.22. The Morgan fingerprint density at radius 3 is 2.80 bits per heavy atom. The van der Waals surface area contributed by atoms with Crippen molar-refractivity contribution in [2.45, 2.75) is 26.4 Å². The normalized spacial score (nSPS) is 13.8. The summed E-state index contributed by atoms with van der Waals surface area (Å²) in [7, 11) is 0. The van der Waals surface area contributed by atoms with Crippen molar-refractivity contribution in [2.24, 2.45) is 0 Å². The molecule has 3 N–H and O–H groups in total. The summed E-state index contributed by atoms with van der Waals surface area (Å²) in [6.07, 6.45) is 1.35. The second-order valence-corrected chi connectivity index (χ2v) is 4.79. The lowest BCUT2D eigenvalue weighted by Gasteiger charge is -2.23. The maximum atomic E-state index is 11.6. The zero-order chi connectivity index (χ0) is 14.8. The predicted octanol–water partition coefficient (Wildman–Crippen LogP) is 1.91. The van der Waals surface area contributed by atoms with Crippen molar-refractivity contribution < 1.29 is 18.8 Å². The summed E-state index contributed by atoms with van der Waals surface area (Å²) in [5.41, 5.74) is -0.569. The first-order valence-electron chi connectivity index (χ1n) is 6.13. The van der Waals surface area contributed by atoms with E-state index < -0.39 is 11.6 Å². The minimum atomic E-state index is -1.22. The molecule has 2 aromatic rings. The van der Waals surface area contributed by atoms with E-state index in [1.165, 1.54) is 12.3 Å². The lowest BCUT2D eigenvalue weighted by Crippen LogP contribution is -2.40. The van der Waals surface area contributed by atoms with E-state index in [1.807, 2.05) is 0 Å². The SMILES string of the molecule is Cc1cc([C@@](C)(O)CNC(=O)Nc2ccon2)c(C)o1. The van der Waals surface area contributed by atoms with Crippen LogP contribution in [0.3, 0.4) is 0 Å². The number of furan rings is 1. The van der Waals surface area contributed by atoms with E-state index in [-0.39, 0.29) is 6.54 Å². The van der Waals surface area contributed by atoms with E-state index >= 15 is 0 Å². The van der Waals surface area contributed by atoms with Crippen LogP contribution in [0.5, 0.6) is 0 Å². The van der Waals surface area contributed by atoms with Gasteiger partial charge in [-0.1, -0.05) is 5.16 Å². The third-order valence-corrected chi connectivity index (χ3v) is 2.89. The number of nitrogens with one attached hydrogen (secondary N) is 2. The van der Waals surface area contributed by atoms with E-state index in [9.17, 15) is 9.90 Å². The van der Waals surface area contributed by atoms with Crippen molar-refractivity contribution in [1.29, 1.82) is 0 Å². The van der Waals surface area contributed by atoms with Crippen LogP contribution in [0.25, 0.3) is 0 Å². The van der Waals surface area contributed by atoms with Crippen LogP contribution in [-0.2, 0) is 5.60 Å². The van der Waals surface area contributed by atoms with E-state index in [0.29, 0.717) is 22.9 Å². The number of carbonyl (C=O) groups is 1. The molecule has 0 unspecified atom stereocenters. The predicted molar refractivity (Wildman–Crippen MR) is 71.3 cm³/mol. The van der Waals surface area contributed by atoms with Gasteiger partial charge in [-0.2, -0.15) is 0 Å². The molecule has 2 aromatic heterocycles. The monoisotopic (exact) mass is 279 g/mol. The first-order chi connectivity index (χ1) is 9.38. The highest BCUT2D eigenvalue weighted by atomic mass is 16.5. The zero-order valence-corrected chi connectivity index (χ0v) is 11.6. The van der Waals surface area contributed by atoms with E-state index in [0.717, 1.165) is 0 Å². The van der Waals surface area contributed by atoms with E-state index in [4.69, 9.17) is 4.42 Å². The molecule has 0 aliphatic rings. The number of aromatic nitrogens is 1. The average molecular weight is 279 g/mol. The number of aliphatic hydroxyl groups is 1. The minimum absolute atomic E-state index is 0.0382. The quantitative estimate of drug-likeness (QED) is 0.793. The van der Waals surface area contributed by atoms with Crippen molar-refractivity contribution in [2.75, 3.05) is 11.9 Å². The lowest BCUT2D eigenvalue weighted by atomic mass is 9.96. The average Bonchev–Trinajstić information content (AvgIpc) is 2.97. The van der Waals surface area contributed by atoms with Gasteiger partial charge in [-0.3, -0.25) is 5.32 Å². The maximum Gasteiger partial charge on any atom is 0.320 e. The van der Waals surface area contributed by atoms with Gasteiger partial charge in [0.2, 0.25) is 0 Å². The third-order valence-electron chi connectivity index (χ3n) is 2.89. The second-order valence-electron chi connectivity index (χ2n) is 4.79. The van der Waals surface area contributed by atoms with Crippen LogP contribution in [-0.4, -0.2) is 22.8 Å². The van der Waals surface area contributed by atoms with Crippen molar-refractivity contribution in [1.82, 2.24) is 10.5 Å². The summed E-state index contributed by atoms with van der Waals surface area (Å²) < 4.78 is 9.98. The van der Waals surface area contributed by atoms with Gasteiger partial charge in [0.05, 0.1) is 6.54 Å². The van der Waals surface area contributed by atoms with E-state index in [1.54, 1.807) is 26.8 Å². The molecular weight excluding hydrogens is 262 g/mol. The van der Waals surface area contributed by atoms with Crippen LogP contribution in [0.2, 0.25) is 0 Å². The molecule has 0 aromatic carbocycles. The van der Waals surface area contributed by atoms with Crippen LogP contribution >= 0.6 is 0 Å². The van der Waals surface area contributed by atoms with Crippen molar-refractivity contribution in [3.63, 3.8) is 0 Å². The fourth-order valence-corrected chi connectivity index (χ4v) is 1.95. The van der Waals surface area contributed by atoms with Crippen LogP contribution in [0.15, 0.2) is 27.3 Å². The highest BCUT2D eigenvalue weighted by molar-refractivity contribution is 5.88. The molecule has 0 fully saturated rings. The Morgan fingerprint density at radius 2 is 2.25 bits per heavy atom. The summed E-state index contributed by atoms with van der Waals surface area (Å²) in [5, 5.41) is 19.0. The van der Waals surface area contributed by atoms with Gasteiger partial charge in [-0.05, 0) is 26.8 Å². The molecule has 2 amide bonds. The number of aryl methyl sites for hydroxylation is 2. The van der Waals surface area contributed by atoms with E-state index in [2.05, 4.69) is 20.3 Å². The summed E-state index contributed by atoms with van der Waals surface area (Å²) >= 11 is 0. The molecule has 0 aliphatic carbocycles. The molecule has 0 aliphatic heterocycles. The first kappa shape index (κ1) is 14.1. The molecule has 0 radical (unpaired) electrons. The Morgan fingerprint density at radius 1 is 1.50 bits per heavy atom. The Labute approximate surface area is 115 Å². The fourth-order valence-electron chi connectivity index (χ4n) is 1.95. The molecule has 2 heterocycles. The second kappa shape index (κ2) is 5.38. The van der Waals surface area contributed by atoms with Gasteiger partial charge in [0, 0.05) is 11.6 Å². The Balaban J connectivity index is 1.95. The van der Waals surface area contributed by atoms with Gasteiger partial charge in [-0.15, -0.1) is 0 Å². The third kappa shape index (κ3) is 3.18. The van der Waals surface area contributed by atoms with Crippen LogP contribution in [0.4, 0.5) is 10.6 Å². The van der Waals surface area contributed by atoms with Crippen LogP contribution < -0.4 is 10.6 Å². The standard InChI is InChI=1S/C13H17N3O4/c1-8-6-10(9(2)20-8)13(3,18)7-14-12(17)15-11-4-5-19-16-11/h4-6,18H,7H2,1-3H3,(H2,14,15,16,17)/t13-/m0/s1. The van der Waals surface area contributed by atoms with Gasteiger partial charge in [0.15, 0.2) is 5.82 Å². The smallest absolute Gasteiger partial charge is 0.320 e. The Kier molecular flexibility index (Phi) is 3.80. The number of nitrogens with zero attached hydrogens (tertiary/aromatic N) is 1. The maximum absolute atomic E-state index is 11.6. The number of amides is 2. The number of urea groups is 1. The minimum Gasteiger partial charge on any atom is -0.466 e. The zero-order valence-electron chi connectivity index (χ0n) is 11.6. The highest BCUT2D eigenvalue weighted by Crippen LogP contribution is 2.26. The molecule has 0 bridgehead atoms. The van der Waals surface area contributed by atoms with Crippen LogP contribution in [0, 0.1) is 13.8 Å². The molecule has 1 atom stereocenters. The molecule has 0 spiro atoms. The Bertz CT molecular complexity index is 587. The topological polar surface area (TPSA) is 101 Å². The molecular formula is C13H17N3O4. The number of hydrogen-bond acceptors (Lipinski definition) is 5. The van der Waals surface area contributed by atoms with Crippen molar-refractivity contribution >= 4 is 11.8 Å². The number of rotatable bonds is 4. The molecule has 20 heavy (non-hydrogen) atoms. The van der Waals surface area contributed by atoms with Gasteiger partial charge < -0.3 is 19.4 Å². The number of hydrogen-bond donors (Lipinski definition) is 3. The van der Waals surface area contributed by atoms with Crippen LogP contribution in [0.1, 0.15) is 24.0 Å². The fraction of sp³-hybridized carbons (Fsp3) is 0.385. The first-order valence-corrected chi connectivity index (χ1v) is 6.13. The number of carbonyl (C=O) groups excluding carboxylic acids is 1. The van der Waals surface area contributed by atoms with Gasteiger partial charge in [0.25, 0.3) is 0 Å². The van der Waals surface area contributed by atoms with Gasteiger partial charge in [0.1, 0.15) is 23.4 Å². The lowest BCUT2D eigenvalue weighted by molar-refractivity contribution is 0.0584. The van der Waals surface area contributed by atoms with Crippen molar-refractivity contribution in [3.05, 3.63) is 35.5 Å². The van der Waals surface area contributed by atoms with Gasteiger partial charge >= 0.3 is 6.03 Å².